The van der Waals surface area contributed by atoms with Crippen molar-refractivity contribution in [2.75, 3.05) is 19.6 Å². The summed E-state index contributed by atoms with van der Waals surface area (Å²) in [6.07, 6.45) is 0. The van der Waals surface area contributed by atoms with Gasteiger partial charge in [-0.15, -0.1) is 0 Å². The van der Waals surface area contributed by atoms with Crippen LogP contribution in [0.3, 0.4) is 0 Å². The zero-order valence-corrected chi connectivity index (χ0v) is 13.2. The van der Waals surface area contributed by atoms with Gasteiger partial charge in [0.2, 0.25) is 0 Å². The molecule has 0 saturated heterocycles. The fraction of sp³-hybridized carbons (Fsp3) is 0.316. The molecule has 1 N–H and O–H groups in total. The lowest BCUT2D eigenvalue weighted by molar-refractivity contribution is 0.00970. The van der Waals surface area contributed by atoms with Gasteiger partial charge >= 0.3 is 0 Å². The maximum atomic E-state index is 13.0. The van der Waals surface area contributed by atoms with E-state index < -0.39 is 5.60 Å². The highest BCUT2D eigenvalue weighted by atomic mass is 16.3. The number of benzene rings is 2. The fourth-order valence-corrected chi connectivity index (χ4v) is 2.61. The first-order valence-corrected chi connectivity index (χ1v) is 7.72. The number of hydrogen-bond acceptors (Lipinski definition) is 3. The Balaban J connectivity index is 2.43. The molecule has 0 saturated carbocycles. The second-order valence-corrected chi connectivity index (χ2v) is 5.38. The summed E-state index contributed by atoms with van der Waals surface area (Å²) in [6.45, 7) is 5.92. The summed E-state index contributed by atoms with van der Waals surface area (Å²) in [5.41, 5.74) is -0.369. The summed E-state index contributed by atoms with van der Waals surface area (Å²) < 4.78 is 0. The van der Waals surface area contributed by atoms with Crippen LogP contribution in [0.5, 0.6) is 0 Å². The summed E-state index contributed by atoms with van der Waals surface area (Å²) in [7, 11) is 0. The molecule has 0 bridgehead atoms. The van der Waals surface area contributed by atoms with Crippen molar-refractivity contribution in [1.29, 1.82) is 0 Å². The number of ketones is 1. The van der Waals surface area contributed by atoms with Gasteiger partial charge < -0.3 is 10.0 Å². The lowest BCUT2D eigenvalue weighted by atomic mass is 9.85. The Kier molecular flexibility index (Phi) is 5.47. The van der Waals surface area contributed by atoms with Crippen LogP contribution in [0.25, 0.3) is 0 Å². The highest BCUT2D eigenvalue weighted by Gasteiger charge is 2.39. The van der Waals surface area contributed by atoms with Crippen LogP contribution in [0.1, 0.15) is 29.8 Å². The number of nitrogens with zero attached hydrogens (tertiary/aromatic N) is 1. The molecule has 2 aromatic carbocycles. The quantitative estimate of drug-likeness (QED) is 0.798. The van der Waals surface area contributed by atoms with E-state index in [4.69, 9.17) is 0 Å². The van der Waals surface area contributed by atoms with E-state index in [1.54, 1.807) is 12.1 Å². The SMILES string of the molecule is CCN(CC)CC(O)(C(=O)c1ccccc1)c1ccccc1. The molecule has 116 valence electrons. The maximum absolute atomic E-state index is 13.0. The molecular weight excluding hydrogens is 274 g/mol. The summed E-state index contributed by atoms with van der Waals surface area (Å²) >= 11 is 0. The Hall–Kier alpha value is -1.97. The third-order valence-corrected chi connectivity index (χ3v) is 4.01. The van der Waals surface area contributed by atoms with Crippen molar-refractivity contribution in [3.8, 4) is 0 Å². The maximum Gasteiger partial charge on any atom is 0.200 e. The number of hydrogen-bond donors (Lipinski definition) is 1. The molecule has 0 aliphatic carbocycles. The normalized spacial score (nSPS) is 13.8. The minimum absolute atomic E-state index is 0.258. The van der Waals surface area contributed by atoms with Gasteiger partial charge in [0.25, 0.3) is 0 Å². The zero-order chi connectivity index (χ0) is 16.0. The Morgan fingerprint density at radius 1 is 0.955 bits per heavy atom. The molecule has 0 aliphatic rings. The molecule has 0 aromatic heterocycles. The van der Waals surface area contributed by atoms with E-state index in [1.165, 1.54) is 0 Å². The molecule has 0 heterocycles. The van der Waals surface area contributed by atoms with Crippen LogP contribution in [-0.2, 0) is 5.60 Å². The van der Waals surface area contributed by atoms with Gasteiger partial charge in [0.1, 0.15) is 0 Å². The molecule has 2 aromatic rings. The number of likely N-dealkylation sites (N-methyl/N-ethyl adjacent to an activating group) is 1. The van der Waals surface area contributed by atoms with Gasteiger partial charge in [0.15, 0.2) is 11.4 Å². The average molecular weight is 297 g/mol. The topological polar surface area (TPSA) is 40.5 Å². The molecule has 0 fully saturated rings. The molecule has 2 rings (SSSR count). The van der Waals surface area contributed by atoms with Gasteiger partial charge in [-0.2, -0.15) is 0 Å². The van der Waals surface area contributed by atoms with Crippen LogP contribution in [0.2, 0.25) is 0 Å². The van der Waals surface area contributed by atoms with E-state index in [-0.39, 0.29) is 12.3 Å². The summed E-state index contributed by atoms with van der Waals surface area (Å²) in [5, 5.41) is 11.2. The molecule has 1 unspecified atom stereocenters. The molecule has 3 nitrogen and oxygen atoms in total. The Labute approximate surface area is 132 Å². The lowest BCUT2D eigenvalue weighted by Gasteiger charge is -2.32. The second-order valence-electron chi connectivity index (χ2n) is 5.38. The van der Waals surface area contributed by atoms with Crippen molar-refractivity contribution in [1.82, 2.24) is 4.90 Å². The van der Waals surface area contributed by atoms with Crippen molar-refractivity contribution in [3.05, 3.63) is 71.8 Å². The first-order chi connectivity index (χ1) is 10.6. The van der Waals surface area contributed by atoms with Crippen molar-refractivity contribution >= 4 is 5.78 Å². The van der Waals surface area contributed by atoms with Gasteiger partial charge in [-0.1, -0.05) is 74.5 Å². The molecule has 0 amide bonds. The van der Waals surface area contributed by atoms with Crippen molar-refractivity contribution in [3.63, 3.8) is 0 Å². The Morgan fingerprint density at radius 2 is 1.45 bits per heavy atom. The Bertz CT molecular complexity index is 593. The van der Waals surface area contributed by atoms with Gasteiger partial charge in [0.05, 0.1) is 0 Å². The molecule has 0 radical (unpaired) electrons. The minimum Gasteiger partial charge on any atom is -0.376 e. The summed E-state index contributed by atoms with van der Waals surface area (Å²) in [6, 6.07) is 18.2. The third kappa shape index (κ3) is 3.43. The largest absolute Gasteiger partial charge is 0.376 e. The molecule has 1 atom stereocenters. The van der Waals surface area contributed by atoms with Crippen LogP contribution in [0.4, 0.5) is 0 Å². The van der Waals surface area contributed by atoms with Crippen molar-refractivity contribution < 1.29 is 9.90 Å². The van der Waals surface area contributed by atoms with Crippen LogP contribution < -0.4 is 0 Å². The number of rotatable bonds is 7. The predicted octanol–water partition coefficient (Wildman–Crippen LogP) is 3.10. The molecule has 22 heavy (non-hydrogen) atoms. The van der Waals surface area contributed by atoms with Gasteiger partial charge in [-0.25, -0.2) is 0 Å². The standard InChI is InChI=1S/C19H23NO2/c1-3-20(4-2)15-19(22,17-13-9-6-10-14-17)18(21)16-11-7-5-8-12-16/h5-14,22H,3-4,15H2,1-2H3. The number of carbonyl (C=O) groups excluding carboxylic acids is 1. The smallest absolute Gasteiger partial charge is 0.200 e. The van der Waals surface area contributed by atoms with Gasteiger partial charge in [0, 0.05) is 12.1 Å². The average Bonchev–Trinajstić information content (AvgIpc) is 2.60. The van der Waals surface area contributed by atoms with Crippen LogP contribution in [0.15, 0.2) is 60.7 Å². The summed E-state index contributed by atoms with van der Waals surface area (Å²) in [4.78, 5) is 15.0. The monoisotopic (exact) mass is 297 g/mol. The fourth-order valence-electron chi connectivity index (χ4n) is 2.61. The predicted molar refractivity (Wildman–Crippen MR) is 88.9 cm³/mol. The van der Waals surface area contributed by atoms with Crippen LogP contribution in [0, 0.1) is 0 Å². The molecule has 3 heteroatoms. The zero-order valence-electron chi connectivity index (χ0n) is 13.2. The third-order valence-electron chi connectivity index (χ3n) is 4.01. The number of Topliss-reactive ketones (excluding diaryl/α,β-unsaturated/α-hetero) is 1. The number of carbonyl (C=O) groups is 1. The van der Waals surface area contributed by atoms with E-state index in [9.17, 15) is 9.90 Å². The van der Waals surface area contributed by atoms with Gasteiger partial charge in [-0.05, 0) is 18.7 Å². The van der Waals surface area contributed by atoms with Crippen LogP contribution in [-0.4, -0.2) is 35.4 Å². The van der Waals surface area contributed by atoms with E-state index in [1.807, 2.05) is 62.4 Å². The van der Waals surface area contributed by atoms with E-state index in [2.05, 4.69) is 4.90 Å². The first kappa shape index (κ1) is 16.4. The van der Waals surface area contributed by atoms with Crippen LogP contribution >= 0.6 is 0 Å². The second kappa shape index (κ2) is 7.34. The molecular formula is C19H23NO2. The Morgan fingerprint density at radius 3 is 1.95 bits per heavy atom. The molecule has 0 spiro atoms. The highest BCUT2D eigenvalue weighted by molar-refractivity contribution is 6.03. The number of aliphatic hydroxyl groups is 1. The van der Waals surface area contributed by atoms with E-state index in [0.717, 1.165) is 13.1 Å². The van der Waals surface area contributed by atoms with Crippen molar-refractivity contribution in [2.24, 2.45) is 0 Å². The summed E-state index contributed by atoms with van der Waals surface area (Å²) in [5.74, 6) is -0.258. The van der Waals surface area contributed by atoms with Gasteiger partial charge in [-0.3, -0.25) is 4.79 Å². The first-order valence-electron chi connectivity index (χ1n) is 7.72. The van der Waals surface area contributed by atoms with Crippen molar-refractivity contribution in [2.45, 2.75) is 19.4 Å². The lowest BCUT2D eigenvalue weighted by Crippen LogP contribution is -2.46. The molecule has 0 aliphatic heterocycles. The van der Waals surface area contributed by atoms with E-state index >= 15 is 0 Å². The minimum atomic E-state index is -1.53. The highest BCUT2D eigenvalue weighted by Crippen LogP contribution is 2.27. The van der Waals surface area contributed by atoms with E-state index in [0.29, 0.717) is 11.1 Å².